The van der Waals surface area contributed by atoms with E-state index in [2.05, 4.69) is 10.3 Å². The van der Waals surface area contributed by atoms with Crippen LogP contribution in [0.2, 0.25) is 0 Å². The lowest BCUT2D eigenvalue weighted by atomic mass is 9.90. The van der Waals surface area contributed by atoms with Gasteiger partial charge in [-0.25, -0.2) is 4.68 Å². The van der Waals surface area contributed by atoms with E-state index in [0.717, 1.165) is 22.5 Å². The molecule has 6 nitrogen and oxygen atoms in total. The molecule has 0 amide bonds. The minimum absolute atomic E-state index is 0.553. The minimum atomic E-state index is -0.780. The molecule has 3 aromatic rings. The van der Waals surface area contributed by atoms with E-state index < -0.39 is 11.4 Å². The number of benzene rings is 1. The predicted molar refractivity (Wildman–Crippen MR) is 105 cm³/mol. The Bertz CT molecular complexity index is 889. The van der Waals surface area contributed by atoms with Gasteiger partial charge in [-0.05, 0) is 51.1 Å². The first kappa shape index (κ1) is 18.8. The van der Waals surface area contributed by atoms with E-state index in [1.165, 1.54) is 0 Å². The van der Waals surface area contributed by atoms with Gasteiger partial charge in [-0.15, -0.1) is 0 Å². The van der Waals surface area contributed by atoms with Crippen LogP contribution in [0.4, 0.5) is 0 Å². The van der Waals surface area contributed by atoms with E-state index in [9.17, 15) is 9.90 Å². The monoisotopic (exact) mass is 364 g/mol. The number of para-hydroxylation sites is 1. The average molecular weight is 364 g/mol. The van der Waals surface area contributed by atoms with E-state index in [4.69, 9.17) is 5.10 Å². The van der Waals surface area contributed by atoms with Crippen molar-refractivity contribution in [1.82, 2.24) is 20.1 Å². The van der Waals surface area contributed by atoms with Crippen LogP contribution in [0.1, 0.15) is 25.8 Å². The molecule has 0 radical (unpaired) electrons. The van der Waals surface area contributed by atoms with Crippen LogP contribution < -0.4 is 5.32 Å². The zero-order chi connectivity index (χ0) is 19.3. The molecule has 2 N–H and O–H groups in total. The molecule has 2 heterocycles. The smallest absolute Gasteiger partial charge is 0.309 e. The van der Waals surface area contributed by atoms with Gasteiger partial charge in [-0.3, -0.25) is 9.78 Å². The molecule has 0 saturated heterocycles. The zero-order valence-corrected chi connectivity index (χ0v) is 15.6. The molecule has 6 heteroatoms. The second-order valence-electron chi connectivity index (χ2n) is 7.14. The second kappa shape index (κ2) is 8.14. The number of nitrogens with one attached hydrogen (secondary N) is 1. The molecule has 0 bridgehead atoms. The van der Waals surface area contributed by atoms with Crippen molar-refractivity contribution in [2.45, 2.75) is 26.8 Å². The predicted octanol–water partition coefficient (Wildman–Crippen LogP) is 3.52. The molecule has 0 aliphatic heterocycles. The lowest BCUT2D eigenvalue weighted by Gasteiger charge is -2.18. The van der Waals surface area contributed by atoms with Crippen molar-refractivity contribution >= 4 is 5.97 Å². The van der Waals surface area contributed by atoms with Gasteiger partial charge in [0.1, 0.15) is 0 Å². The molecule has 3 rings (SSSR count). The van der Waals surface area contributed by atoms with E-state index in [0.29, 0.717) is 19.5 Å². The van der Waals surface area contributed by atoms with Gasteiger partial charge >= 0.3 is 5.97 Å². The number of carbonyl (C=O) groups is 1. The van der Waals surface area contributed by atoms with Crippen LogP contribution in [0.15, 0.2) is 61.1 Å². The third-order valence-electron chi connectivity index (χ3n) is 4.57. The first-order valence-electron chi connectivity index (χ1n) is 8.96. The Morgan fingerprint density at radius 2 is 1.96 bits per heavy atom. The molecular weight excluding hydrogens is 340 g/mol. The molecule has 2 aromatic heterocycles. The van der Waals surface area contributed by atoms with Gasteiger partial charge in [-0.1, -0.05) is 18.2 Å². The molecule has 27 heavy (non-hydrogen) atoms. The summed E-state index contributed by atoms with van der Waals surface area (Å²) in [6.45, 7) is 4.70. The third kappa shape index (κ3) is 4.60. The number of hydrogen-bond donors (Lipinski definition) is 2. The van der Waals surface area contributed by atoms with Gasteiger partial charge in [0.25, 0.3) is 0 Å². The molecule has 0 aliphatic rings. The highest BCUT2D eigenvalue weighted by molar-refractivity contribution is 5.73. The number of pyridine rings is 1. The van der Waals surface area contributed by atoms with Crippen LogP contribution >= 0.6 is 0 Å². The molecule has 0 spiro atoms. The Morgan fingerprint density at radius 1 is 1.19 bits per heavy atom. The summed E-state index contributed by atoms with van der Waals surface area (Å²) in [6.07, 6.45) is 6.10. The lowest BCUT2D eigenvalue weighted by molar-refractivity contribution is -0.147. The number of hydrogen-bond acceptors (Lipinski definition) is 4. The molecule has 140 valence electrons. The minimum Gasteiger partial charge on any atom is -0.481 e. The van der Waals surface area contributed by atoms with Crippen molar-refractivity contribution in [2.24, 2.45) is 5.41 Å². The fourth-order valence-electron chi connectivity index (χ4n) is 2.73. The average Bonchev–Trinajstić information content (AvgIpc) is 3.11. The number of aromatic nitrogens is 3. The number of rotatable bonds is 8. The maximum Gasteiger partial charge on any atom is 0.309 e. The van der Waals surface area contributed by atoms with Gasteiger partial charge in [0.05, 0.1) is 16.8 Å². The van der Waals surface area contributed by atoms with Crippen LogP contribution in [-0.4, -0.2) is 32.4 Å². The Labute approximate surface area is 158 Å². The maximum absolute atomic E-state index is 11.2. The SMILES string of the molecule is CC(C)(CCNCc1cn(-c2ccccc2)nc1-c1cccnc1)C(=O)O. The summed E-state index contributed by atoms with van der Waals surface area (Å²) in [5, 5.41) is 17.3. The first-order chi connectivity index (χ1) is 13.0. The summed E-state index contributed by atoms with van der Waals surface area (Å²) < 4.78 is 1.86. The Morgan fingerprint density at radius 3 is 2.63 bits per heavy atom. The zero-order valence-electron chi connectivity index (χ0n) is 15.6. The van der Waals surface area contributed by atoms with E-state index in [1.54, 1.807) is 26.2 Å². The van der Waals surface area contributed by atoms with Crippen molar-refractivity contribution in [3.63, 3.8) is 0 Å². The molecule has 0 atom stereocenters. The van der Waals surface area contributed by atoms with E-state index in [1.807, 2.05) is 53.3 Å². The molecule has 0 fully saturated rings. The number of carboxylic acids is 1. The second-order valence-corrected chi connectivity index (χ2v) is 7.14. The highest BCUT2D eigenvalue weighted by Gasteiger charge is 2.26. The fourth-order valence-corrected chi connectivity index (χ4v) is 2.73. The van der Waals surface area contributed by atoms with Crippen molar-refractivity contribution in [2.75, 3.05) is 6.54 Å². The van der Waals surface area contributed by atoms with Crippen LogP contribution in [0.5, 0.6) is 0 Å². The summed E-state index contributed by atoms with van der Waals surface area (Å²) in [5.74, 6) is -0.780. The Hall–Kier alpha value is -2.99. The summed E-state index contributed by atoms with van der Waals surface area (Å²) in [5.41, 5.74) is 3.11. The summed E-state index contributed by atoms with van der Waals surface area (Å²) in [7, 11) is 0. The van der Waals surface area contributed by atoms with E-state index in [-0.39, 0.29) is 0 Å². The van der Waals surface area contributed by atoms with E-state index >= 15 is 0 Å². The maximum atomic E-state index is 11.2. The van der Waals surface area contributed by atoms with Crippen LogP contribution in [-0.2, 0) is 11.3 Å². The molecule has 0 unspecified atom stereocenters. The standard InChI is InChI=1S/C21H24N4O2/c1-21(2,20(26)27)10-12-23-14-17-15-25(18-8-4-3-5-9-18)24-19(17)16-7-6-11-22-13-16/h3-9,11,13,15,23H,10,12,14H2,1-2H3,(H,26,27). The van der Waals surface area contributed by atoms with Gasteiger partial charge in [0, 0.05) is 36.3 Å². The van der Waals surface area contributed by atoms with Crippen LogP contribution in [0.3, 0.4) is 0 Å². The van der Waals surface area contributed by atoms with Crippen molar-refractivity contribution in [3.8, 4) is 16.9 Å². The third-order valence-corrected chi connectivity index (χ3v) is 4.57. The summed E-state index contributed by atoms with van der Waals surface area (Å²) in [6, 6.07) is 13.8. The number of carboxylic acid groups (broad SMARTS) is 1. The van der Waals surface area contributed by atoms with Crippen molar-refractivity contribution in [1.29, 1.82) is 0 Å². The number of aliphatic carboxylic acids is 1. The van der Waals surface area contributed by atoms with Gasteiger partial charge in [-0.2, -0.15) is 5.10 Å². The first-order valence-corrected chi connectivity index (χ1v) is 8.96. The van der Waals surface area contributed by atoms with Crippen LogP contribution in [0, 0.1) is 5.41 Å². The molecule has 0 saturated carbocycles. The number of nitrogens with zero attached hydrogens (tertiary/aromatic N) is 3. The fraction of sp³-hybridized carbons (Fsp3) is 0.286. The summed E-state index contributed by atoms with van der Waals surface area (Å²) in [4.78, 5) is 15.4. The van der Waals surface area contributed by atoms with Gasteiger partial charge < -0.3 is 10.4 Å². The Kier molecular flexibility index (Phi) is 5.66. The molecule has 1 aromatic carbocycles. The van der Waals surface area contributed by atoms with Crippen molar-refractivity contribution < 1.29 is 9.90 Å². The lowest BCUT2D eigenvalue weighted by Crippen LogP contribution is -2.28. The normalized spacial score (nSPS) is 11.5. The van der Waals surface area contributed by atoms with Gasteiger partial charge in [0.2, 0.25) is 0 Å². The highest BCUT2D eigenvalue weighted by Crippen LogP contribution is 2.23. The van der Waals surface area contributed by atoms with Gasteiger partial charge in [0.15, 0.2) is 0 Å². The molecule has 0 aliphatic carbocycles. The van der Waals surface area contributed by atoms with Crippen LogP contribution in [0.25, 0.3) is 16.9 Å². The Balaban J connectivity index is 1.79. The van der Waals surface area contributed by atoms with Crippen molar-refractivity contribution in [3.05, 3.63) is 66.6 Å². The topological polar surface area (TPSA) is 80.0 Å². The quantitative estimate of drug-likeness (QED) is 0.598. The summed E-state index contributed by atoms with van der Waals surface area (Å²) >= 11 is 0. The largest absolute Gasteiger partial charge is 0.481 e. The highest BCUT2D eigenvalue weighted by atomic mass is 16.4. The molecular formula is C21H24N4O2.